The summed E-state index contributed by atoms with van der Waals surface area (Å²) in [6.45, 7) is 2.01. The summed E-state index contributed by atoms with van der Waals surface area (Å²) in [4.78, 5) is 44.2. The summed E-state index contributed by atoms with van der Waals surface area (Å²) in [6, 6.07) is 33.2. The number of carbonyl (C=O) groups is 2. The summed E-state index contributed by atoms with van der Waals surface area (Å²) in [7, 11) is 5.09. The molecule has 1 heterocycles. The number of benzene rings is 4. The number of hydrogen-bond donors (Lipinski definition) is 2. The van der Waals surface area contributed by atoms with Gasteiger partial charge in [0.05, 0.1) is 7.11 Å². The Kier molecular flexibility index (Phi) is 10.7. The van der Waals surface area contributed by atoms with E-state index in [4.69, 9.17) is 4.74 Å². The van der Waals surface area contributed by atoms with E-state index in [1.807, 2.05) is 116 Å². The van der Waals surface area contributed by atoms with Crippen LogP contribution in [0.15, 0.2) is 116 Å². The summed E-state index contributed by atoms with van der Waals surface area (Å²) < 4.78 is 5.27. The molecule has 2 amide bonds. The summed E-state index contributed by atoms with van der Waals surface area (Å²) >= 11 is 0. The molecule has 0 aliphatic heterocycles. The quantitative estimate of drug-likeness (QED) is 0.174. The molecule has 0 unspecified atom stereocenters. The second kappa shape index (κ2) is 15.5. The molecule has 2 atom stereocenters. The fraction of sp³-hybridized carbons (Fsp3) is 0.216. The first kappa shape index (κ1) is 32.6. The van der Waals surface area contributed by atoms with E-state index in [9.17, 15) is 9.59 Å². The van der Waals surface area contributed by atoms with Gasteiger partial charge >= 0.3 is 0 Å². The average Bonchev–Trinajstić information content (AvgIpc) is 3.11. The Morgan fingerprint density at radius 1 is 0.660 bits per heavy atom. The number of carbonyl (C=O) groups excluding carboxylic acids is 2. The standard InChI is InChI=1S/C37H39N7O3/c1-26-15-17-29(18-16-26)43(2)34(45)32(23-27-11-7-5-8-12-27)40-36-38-25-39-37(42-36)41-33(24-28-13-9-6-10-14-28)35(46)44(3)30-19-21-31(47-4)22-20-30/h5-22,25,32-33H,23-24H2,1-4H3,(H2,38,39,40,41,42)/t32-,33-/m0/s1. The zero-order valence-corrected chi connectivity index (χ0v) is 27.0. The van der Waals surface area contributed by atoms with Gasteiger partial charge in [0.15, 0.2) is 0 Å². The summed E-state index contributed by atoms with van der Waals surface area (Å²) in [5.41, 5.74) is 4.56. The molecule has 0 spiro atoms. The highest BCUT2D eigenvalue weighted by Gasteiger charge is 2.27. The first-order valence-electron chi connectivity index (χ1n) is 15.4. The number of ether oxygens (including phenoxy) is 1. The van der Waals surface area contributed by atoms with Crippen molar-refractivity contribution < 1.29 is 14.3 Å². The van der Waals surface area contributed by atoms with Crippen molar-refractivity contribution in [1.29, 1.82) is 0 Å². The van der Waals surface area contributed by atoms with E-state index in [1.165, 1.54) is 6.33 Å². The zero-order valence-electron chi connectivity index (χ0n) is 27.0. The highest BCUT2D eigenvalue weighted by atomic mass is 16.5. The van der Waals surface area contributed by atoms with Crippen molar-refractivity contribution in [2.75, 3.05) is 41.6 Å². The molecule has 10 heteroatoms. The van der Waals surface area contributed by atoms with Crippen molar-refractivity contribution in [1.82, 2.24) is 15.0 Å². The first-order chi connectivity index (χ1) is 22.8. The van der Waals surface area contributed by atoms with Gasteiger partial charge in [0.2, 0.25) is 23.7 Å². The van der Waals surface area contributed by atoms with Gasteiger partial charge in [0.25, 0.3) is 0 Å². The number of rotatable bonds is 13. The van der Waals surface area contributed by atoms with Crippen LogP contribution in [0, 0.1) is 6.92 Å². The van der Waals surface area contributed by atoms with Crippen LogP contribution in [0.1, 0.15) is 16.7 Å². The lowest BCUT2D eigenvalue weighted by Gasteiger charge is -2.26. The molecule has 4 aromatic carbocycles. The number of amides is 2. The Morgan fingerprint density at radius 3 is 1.51 bits per heavy atom. The number of aromatic nitrogens is 3. The van der Waals surface area contributed by atoms with Crippen LogP contribution < -0.4 is 25.2 Å². The Morgan fingerprint density at radius 2 is 1.09 bits per heavy atom. The van der Waals surface area contributed by atoms with E-state index >= 15 is 0 Å². The molecule has 1 aromatic heterocycles. The Labute approximate surface area is 275 Å². The van der Waals surface area contributed by atoms with Crippen LogP contribution in [0.3, 0.4) is 0 Å². The average molecular weight is 630 g/mol. The summed E-state index contributed by atoms with van der Waals surface area (Å²) in [6.07, 6.45) is 2.17. The third-order valence-corrected chi connectivity index (χ3v) is 7.88. The van der Waals surface area contributed by atoms with E-state index < -0.39 is 12.1 Å². The molecule has 0 fully saturated rings. The number of aryl methyl sites for hydroxylation is 1. The minimum Gasteiger partial charge on any atom is -0.497 e. The fourth-order valence-corrected chi connectivity index (χ4v) is 5.14. The van der Waals surface area contributed by atoms with E-state index in [2.05, 4.69) is 25.6 Å². The van der Waals surface area contributed by atoms with Crippen LogP contribution in [0.5, 0.6) is 5.75 Å². The van der Waals surface area contributed by atoms with Crippen molar-refractivity contribution in [3.8, 4) is 5.75 Å². The molecule has 5 rings (SSSR count). The van der Waals surface area contributed by atoms with Gasteiger partial charge in [-0.3, -0.25) is 9.59 Å². The molecule has 5 aromatic rings. The predicted molar refractivity (Wildman–Crippen MR) is 186 cm³/mol. The predicted octanol–water partition coefficient (Wildman–Crippen LogP) is 5.56. The van der Waals surface area contributed by atoms with E-state index in [-0.39, 0.29) is 23.7 Å². The second-order valence-electron chi connectivity index (χ2n) is 11.2. The van der Waals surface area contributed by atoms with Crippen molar-refractivity contribution in [3.63, 3.8) is 0 Å². The molecule has 47 heavy (non-hydrogen) atoms. The van der Waals surface area contributed by atoms with Crippen molar-refractivity contribution >= 4 is 35.1 Å². The Balaban J connectivity index is 1.39. The SMILES string of the molecule is COc1ccc(N(C)C(=O)[C@H](Cc2ccccc2)Nc2ncnc(N[C@@H](Cc3ccccc3)C(=O)N(C)c3ccc(C)cc3)n2)cc1. The number of methoxy groups -OCH3 is 1. The normalized spacial score (nSPS) is 12.0. The highest BCUT2D eigenvalue weighted by molar-refractivity contribution is 5.99. The van der Waals surface area contributed by atoms with E-state index in [1.54, 1.807) is 31.0 Å². The van der Waals surface area contributed by atoms with Crippen LogP contribution in [-0.2, 0) is 22.4 Å². The molecule has 0 saturated carbocycles. The molecule has 0 bridgehead atoms. The maximum atomic E-state index is 13.9. The monoisotopic (exact) mass is 629 g/mol. The third kappa shape index (κ3) is 8.70. The molecule has 10 nitrogen and oxygen atoms in total. The maximum absolute atomic E-state index is 13.9. The summed E-state index contributed by atoms with van der Waals surface area (Å²) in [5, 5.41) is 6.47. The molecule has 2 N–H and O–H groups in total. The highest BCUT2D eigenvalue weighted by Crippen LogP contribution is 2.21. The maximum Gasteiger partial charge on any atom is 0.249 e. The second-order valence-corrected chi connectivity index (χ2v) is 11.2. The van der Waals surface area contributed by atoms with Crippen LogP contribution in [0.4, 0.5) is 23.3 Å². The minimum absolute atomic E-state index is 0.147. The third-order valence-electron chi connectivity index (χ3n) is 7.88. The molecular weight excluding hydrogens is 590 g/mol. The first-order valence-corrected chi connectivity index (χ1v) is 15.4. The molecule has 0 radical (unpaired) electrons. The summed E-state index contributed by atoms with van der Waals surface area (Å²) in [5.74, 6) is 0.797. The number of nitrogens with zero attached hydrogens (tertiary/aromatic N) is 5. The Bertz CT molecular complexity index is 1750. The van der Waals surface area contributed by atoms with Gasteiger partial charge in [0.1, 0.15) is 24.2 Å². The van der Waals surface area contributed by atoms with Crippen molar-refractivity contribution in [2.45, 2.75) is 31.8 Å². The van der Waals surface area contributed by atoms with Gasteiger partial charge in [-0.1, -0.05) is 78.4 Å². The minimum atomic E-state index is -0.700. The van der Waals surface area contributed by atoms with E-state index in [0.717, 1.165) is 22.4 Å². The molecule has 0 aliphatic carbocycles. The molecule has 0 aliphatic rings. The zero-order chi connectivity index (χ0) is 33.2. The van der Waals surface area contributed by atoms with Gasteiger partial charge in [-0.25, -0.2) is 9.97 Å². The number of nitrogens with one attached hydrogen (secondary N) is 2. The lowest BCUT2D eigenvalue weighted by Crippen LogP contribution is -2.43. The van der Waals surface area contributed by atoms with Crippen LogP contribution in [-0.4, -0.2) is 60.1 Å². The number of anilines is 4. The topological polar surface area (TPSA) is 113 Å². The molecular formula is C37H39N7O3. The van der Waals surface area contributed by atoms with E-state index in [0.29, 0.717) is 24.3 Å². The Hall–Kier alpha value is -5.77. The van der Waals surface area contributed by atoms with Crippen LogP contribution in [0.25, 0.3) is 0 Å². The largest absolute Gasteiger partial charge is 0.497 e. The number of likely N-dealkylation sites (N-methyl/N-ethyl adjacent to an activating group) is 2. The van der Waals surface area contributed by atoms with Crippen LogP contribution >= 0.6 is 0 Å². The fourth-order valence-electron chi connectivity index (χ4n) is 5.14. The van der Waals surface area contributed by atoms with Gasteiger partial charge in [0, 0.05) is 38.3 Å². The lowest BCUT2D eigenvalue weighted by atomic mass is 10.0. The van der Waals surface area contributed by atoms with Gasteiger partial charge < -0.3 is 25.2 Å². The lowest BCUT2D eigenvalue weighted by molar-refractivity contribution is -0.119. The van der Waals surface area contributed by atoms with Crippen molar-refractivity contribution in [2.24, 2.45) is 0 Å². The van der Waals surface area contributed by atoms with Gasteiger partial charge in [-0.05, 0) is 54.4 Å². The molecule has 240 valence electrons. The molecule has 0 saturated heterocycles. The van der Waals surface area contributed by atoms with Gasteiger partial charge in [-0.2, -0.15) is 4.98 Å². The van der Waals surface area contributed by atoms with Crippen LogP contribution in [0.2, 0.25) is 0 Å². The number of hydrogen-bond acceptors (Lipinski definition) is 8. The van der Waals surface area contributed by atoms with Gasteiger partial charge in [-0.15, -0.1) is 0 Å². The van der Waals surface area contributed by atoms with Crippen molar-refractivity contribution in [3.05, 3.63) is 132 Å². The smallest absolute Gasteiger partial charge is 0.249 e.